The zero-order valence-electron chi connectivity index (χ0n) is 9.18. The van der Waals surface area contributed by atoms with E-state index >= 15 is 0 Å². The van der Waals surface area contributed by atoms with Crippen molar-refractivity contribution in [2.75, 3.05) is 0 Å². The van der Waals surface area contributed by atoms with Crippen LogP contribution < -0.4 is 5.73 Å². The van der Waals surface area contributed by atoms with Gasteiger partial charge in [0.25, 0.3) is 0 Å². The van der Waals surface area contributed by atoms with Gasteiger partial charge in [0.1, 0.15) is 5.78 Å². The summed E-state index contributed by atoms with van der Waals surface area (Å²) in [5, 5.41) is 0. The second-order valence-electron chi connectivity index (χ2n) is 4.01. The first-order chi connectivity index (χ1) is 6.10. The third kappa shape index (κ3) is 6.76. The SMILES string of the molecule is CCCC(N)CC(=O)CC(C)CC. The topological polar surface area (TPSA) is 43.1 Å². The van der Waals surface area contributed by atoms with Crippen molar-refractivity contribution in [3.05, 3.63) is 0 Å². The summed E-state index contributed by atoms with van der Waals surface area (Å²) < 4.78 is 0. The Balaban J connectivity index is 3.61. The second-order valence-corrected chi connectivity index (χ2v) is 4.01. The molecule has 0 radical (unpaired) electrons. The Hall–Kier alpha value is -0.370. The number of Topliss-reactive ketones (excluding diaryl/α,β-unsaturated/α-hetero) is 1. The molecule has 0 spiro atoms. The highest BCUT2D eigenvalue weighted by molar-refractivity contribution is 5.79. The van der Waals surface area contributed by atoms with Gasteiger partial charge in [-0.05, 0) is 12.3 Å². The minimum atomic E-state index is 0.0848. The van der Waals surface area contributed by atoms with E-state index < -0.39 is 0 Å². The van der Waals surface area contributed by atoms with Crippen LogP contribution in [-0.2, 0) is 4.79 Å². The molecular weight excluding hydrogens is 162 g/mol. The number of hydrogen-bond donors (Lipinski definition) is 1. The molecule has 2 unspecified atom stereocenters. The lowest BCUT2D eigenvalue weighted by Crippen LogP contribution is -2.24. The van der Waals surface area contributed by atoms with Crippen LogP contribution in [0.15, 0.2) is 0 Å². The van der Waals surface area contributed by atoms with Crippen LogP contribution in [-0.4, -0.2) is 11.8 Å². The molecule has 0 saturated heterocycles. The molecule has 0 amide bonds. The maximum Gasteiger partial charge on any atom is 0.134 e. The van der Waals surface area contributed by atoms with Crippen molar-refractivity contribution in [2.24, 2.45) is 11.7 Å². The molecule has 0 saturated carbocycles. The maximum atomic E-state index is 11.4. The summed E-state index contributed by atoms with van der Waals surface area (Å²) in [5.41, 5.74) is 5.78. The average molecular weight is 185 g/mol. The molecule has 2 nitrogen and oxygen atoms in total. The third-order valence-electron chi connectivity index (χ3n) is 2.42. The van der Waals surface area contributed by atoms with Gasteiger partial charge in [-0.1, -0.05) is 33.6 Å². The molecule has 0 aliphatic heterocycles. The van der Waals surface area contributed by atoms with E-state index in [0.717, 1.165) is 19.3 Å². The van der Waals surface area contributed by atoms with Crippen molar-refractivity contribution in [2.45, 2.75) is 58.9 Å². The van der Waals surface area contributed by atoms with Crippen LogP contribution in [0.4, 0.5) is 0 Å². The fourth-order valence-electron chi connectivity index (χ4n) is 1.38. The molecule has 2 heteroatoms. The quantitative estimate of drug-likeness (QED) is 0.662. The van der Waals surface area contributed by atoms with Crippen molar-refractivity contribution in [3.8, 4) is 0 Å². The molecule has 0 heterocycles. The molecule has 13 heavy (non-hydrogen) atoms. The van der Waals surface area contributed by atoms with Crippen molar-refractivity contribution >= 4 is 5.78 Å². The predicted molar refractivity (Wildman–Crippen MR) is 56.6 cm³/mol. The highest BCUT2D eigenvalue weighted by atomic mass is 16.1. The monoisotopic (exact) mass is 185 g/mol. The molecule has 0 fully saturated rings. The van der Waals surface area contributed by atoms with E-state index in [4.69, 9.17) is 5.73 Å². The summed E-state index contributed by atoms with van der Waals surface area (Å²) in [6.07, 6.45) is 4.38. The Bertz CT molecular complexity index is 145. The minimum Gasteiger partial charge on any atom is -0.327 e. The number of rotatable bonds is 7. The van der Waals surface area contributed by atoms with E-state index in [1.54, 1.807) is 0 Å². The van der Waals surface area contributed by atoms with Crippen LogP contribution in [0.3, 0.4) is 0 Å². The van der Waals surface area contributed by atoms with Crippen LogP contribution in [0.25, 0.3) is 0 Å². The Morgan fingerprint density at radius 1 is 1.31 bits per heavy atom. The Morgan fingerprint density at radius 3 is 2.38 bits per heavy atom. The summed E-state index contributed by atoms with van der Waals surface area (Å²) in [4.78, 5) is 11.4. The predicted octanol–water partition coefficient (Wildman–Crippen LogP) is 2.51. The van der Waals surface area contributed by atoms with E-state index in [9.17, 15) is 4.79 Å². The normalized spacial score (nSPS) is 15.4. The molecule has 2 N–H and O–H groups in total. The molecule has 0 bridgehead atoms. The molecule has 0 aromatic carbocycles. The smallest absolute Gasteiger partial charge is 0.134 e. The molecule has 0 aliphatic carbocycles. The first-order valence-corrected chi connectivity index (χ1v) is 5.37. The number of nitrogens with two attached hydrogens (primary N) is 1. The highest BCUT2D eigenvalue weighted by Gasteiger charge is 2.11. The molecule has 0 aliphatic rings. The zero-order valence-corrected chi connectivity index (χ0v) is 9.18. The van der Waals surface area contributed by atoms with Crippen molar-refractivity contribution in [3.63, 3.8) is 0 Å². The van der Waals surface area contributed by atoms with Gasteiger partial charge in [-0.2, -0.15) is 0 Å². The zero-order chi connectivity index (χ0) is 10.3. The molecule has 2 atom stereocenters. The van der Waals surface area contributed by atoms with Crippen LogP contribution >= 0.6 is 0 Å². The Labute approximate surface area is 81.9 Å². The van der Waals surface area contributed by atoms with Gasteiger partial charge in [0.2, 0.25) is 0 Å². The van der Waals surface area contributed by atoms with E-state index in [2.05, 4.69) is 20.8 Å². The van der Waals surface area contributed by atoms with Gasteiger partial charge in [-0.15, -0.1) is 0 Å². The van der Waals surface area contributed by atoms with Crippen LogP contribution in [0.1, 0.15) is 52.9 Å². The van der Waals surface area contributed by atoms with Gasteiger partial charge in [-0.3, -0.25) is 4.79 Å². The number of carbonyl (C=O) groups is 1. The molecule has 78 valence electrons. The van der Waals surface area contributed by atoms with E-state index in [-0.39, 0.29) is 6.04 Å². The first-order valence-electron chi connectivity index (χ1n) is 5.37. The summed E-state index contributed by atoms with van der Waals surface area (Å²) in [6.45, 7) is 6.33. The fraction of sp³-hybridized carbons (Fsp3) is 0.909. The number of ketones is 1. The van der Waals surface area contributed by atoms with Gasteiger partial charge >= 0.3 is 0 Å². The number of carbonyl (C=O) groups excluding carboxylic acids is 1. The summed E-state index contributed by atoms with van der Waals surface area (Å²) in [6, 6.07) is 0.0848. The molecule has 0 rings (SSSR count). The summed E-state index contributed by atoms with van der Waals surface area (Å²) >= 11 is 0. The van der Waals surface area contributed by atoms with Crippen LogP contribution in [0.5, 0.6) is 0 Å². The Kier molecular flexibility index (Phi) is 6.87. The Morgan fingerprint density at radius 2 is 1.92 bits per heavy atom. The largest absolute Gasteiger partial charge is 0.327 e. The molecule has 0 aromatic rings. The first kappa shape index (κ1) is 12.6. The van der Waals surface area contributed by atoms with Crippen LogP contribution in [0, 0.1) is 5.92 Å². The van der Waals surface area contributed by atoms with Gasteiger partial charge < -0.3 is 5.73 Å². The van der Waals surface area contributed by atoms with Gasteiger partial charge in [0.05, 0.1) is 0 Å². The molecular formula is C11H23NO. The maximum absolute atomic E-state index is 11.4. The minimum absolute atomic E-state index is 0.0848. The standard InChI is InChI=1S/C11H23NO/c1-4-6-10(12)8-11(13)7-9(3)5-2/h9-10H,4-8,12H2,1-3H3. The van der Waals surface area contributed by atoms with Crippen molar-refractivity contribution < 1.29 is 4.79 Å². The van der Waals surface area contributed by atoms with Gasteiger partial charge in [0, 0.05) is 18.9 Å². The van der Waals surface area contributed by atoms with Gasteiger partial charge in [-0.25, -0.2) is 0 Å². The highest BCUT2D eigenvalue weighted by Crippen LogP contribution is 2.10. The van der Waals surface area contributed by atoms with Crippen molar-refractivity contribution in [1.82, 2.24) is 0 Å². The summed E-state index contributed by atoms with van der Waals surface area (Å²) in [7, 11) is 0. The fourth-order valence-corrected chi connectivity index (χ4v) is 1.38. The second kappa shape index (κ2) is 7.07. The molecule has 0 aromatic heterocycles. The summed E-state index contributed by atoms with van der Waals surface area (Å²) in [5.74, 6) is 0.844. The lowest BCUT2D eigenvalue weighted by Gasteiger charge is -2.11. The lowest BCUT2D eigenvalue weighted by molar-refractivity contribution is -0.120. The lowest BCUT2D eigenvalue weighted by atomic mass is 9.97. The van der Waals surface area contributed by atoms with Gasteiger partial charge in [0.15, 0.2) is 0 Å². The van der Waals surface area contributed by atoms with E-state index in [0.29, 0.717) is 24.5 Å². The average Bonchev–Trinajstić information content (AvgIpc) is 2.04. The van der Waals surface area contributed by atoms with Crippen LogP contribution in [0.2, 0.25) is 0 Å². The third-order valence-corrected chi connectivity index (χ3v) is 2.42. The van der Waals surface area contributed by atoms with E-state index in [1.165, 1.54) is 0 Å². The van der Waals surface area contributed by atoms with E-state index in [1.807, 2.05) is 0 Å². The van der Waals surface area contributed by atoms with Crippen molar-refractivity contribution in [1.29, 1.82) is 0 Å². The number of hydrogen-bond acceptors (Lipinski definition) is 2.